The second-order valence-corrected chi connectivity index (χ2v) is 12.3. The van der Waals surface area contributed by atoms with Gasteiger partial charge in [-0.1, -0.05) is 127 Å². The summed E-state index contributed by atoms with van der Waals surface area (Å²) in [4.78, 5) is 20.1. The van der Waals surface area contributed by atoms with Crippen molar-refractivity contribution in [3.8, 4) is 45.4 Å². The molecular weight excluding hydrogens is 601 g/mol. The van der Waals surface area contributed by atoms with Crippen molar-refractivity contribution in [2.24, 2.45) is 0 Å². The van der Waals surface area contributed by atoms with Crippen LogP contribution >= 0.6 is 0 Å². The minimum Gasteiger partial charge on any atom is -0.456 e. The fraction of sp³-hybridized carbons (Fsp3) is 0. The molecule has 0 aliphatic rings. The second kappa shape index (κ2) is 10.9. The number of rotatable bonds is 4. The van der Waals surface area contributed by atoms with E-state index in [1.54, 1.807) is 0 Å². The van der Waals surface area contributed by atoms with E-state index in [0.29, 0.717) is 17.5 Å². The fourth-order valence-corrected chi connectivity index (χ4v) is 6.99. The van der Waals surface area contributed by atoms with Crippen LogP contribution in [-0.4, -0.2) is 19.9 Å². The summed E-state index contributed by atoms with van der Waals surface area (Å²) in [5.41, 5.74) is 6.37. The first-order chi connectivity index (χ1) is 24.3. The summed E-state index contributed by atoms with van der Waals surface area (Å²) >= 11 is 0. The molecule has 10 rings (SSSR count). The zero-order valence-corrected chi connectivity index (χ0v) is 26.2. The van der Waals surface area contributed by atoms with Crippen LogP contribution in [0.4, 0.5) is 0 Å². The minimum atomic E-state index is 0.617. The molecule has 3 aromatic heterocycles. The molecule has 0 amide bonds. The molecule has 0 saturated carbocycles. The molecule has 49 heavy (non-hydrogen) atoms. The van der Waals surface area contributed by atoms with Gasteiger partial charge in [-0.25, -0.2) is 15.0 Å². The summed E-state index contributed by atoms with van der Waals surface area (Å²) in [7, 11) is 0. The van der Waals surface area contributed by atoms with Crippen LogP contribution in [0.5, 0.6) is 0 Å². The van der Waals surface area contributed by atoms with Gasteiger partial charge in [0.2, 0.25) is 0 Å². The molecule has 5 nitrogen and oxygen atoms in total. The first kappa shape index (κ1) is 27.4. The van der Waals surface area contributed by atoms with Gasteiger partial charge in [-0.2, -0.15) is 0 Å². The predicted octanol–water partition coefficient (Wildman–Crippen LogP) is 11.3. The van der Waals surface area contributed by atoms with E-state index in [-0.39, 0.29) is 0 Å². The number of nitrogens with zero attached hydrogens (tertiary/aromatic N) is 4. The van der Waals surface area contributed by atoms with Gasteiger partial charge < -0.3 is 4.42 Å². The quantitative estimate of drug-likeness (QED) is 0.194. The lowest BCUT2D eigenvalue weighted by molar-refractivity contribution is 0.669. The third kappa shape index (κ3) is 4.55. The third-order valence-corrected chi connectivity index (χ3v) is 9.34. The lowest BCUT2D eigenvalue weighted by Crippen LogP contribution is -2.00. The number of pyridine rings is 1. The number of hydrogen-bond acceptors (Lipinski definition) is 5. The largest absolute Gasteiger partial charge is 0.456 e. The van der Waals surface area contributed by atoms with Crippen molar-refractivity contribution in [2.75, 3.05) is 0 Å². The van der Waals surface area contributed by atoms with E-state index in [2.05, 4.69) is 115 Å². The normalized spacial score (nSPS) is 11.7. The summed E-state index contributed by atoms with van der Waals surface area (Å²) in [5, 5.41) is 8.77. The summed E-state index contributed by atoms with van der Waals surface area (Å²) in [6, 6.07) is 52.1. The van der Waals surface area contributed by atoms with Gasteiger partial charge in [-0.05, 0) is 56.6 Å². The van der Waals surface area contributed by atoms with Crippen molar-refractivity contribution in [3.63, 3.8) is 0 Å². The Morgan fingerprint density at radius 3 is 1.82 bits per heavy atom. The third-order valence-electron chi connectivity index (χ3n) is 9.34. The number of hydrogen-bond donors (Lipinski definition) is 0. The number of aromatic nitrogens is 4. The lowest BCUT2D eigenvalue weighted by atomic mass is 9.95. The Labute approximate surface area is 281 Å². The topological polar surface area (TPSA) is 64.7 Å². The Morgan fingerprint density at radius 2 is 1.02 bits per heavy atom. The highest BCUT2D eigenvalue weighted by atomic mass is 16.3. The molecule has 7 aromatic carbocycles. The molecule has 10 aromatic rings. The highest BCUT2D eigenvalue weighted by Gasteiger charge is 2.19. The highest BCUT2D eigenvalue weighted by Crippen LogP contribution is 2.41. The van der Waals surface area contributed by atoms with Gasteiger partial charge in [-0.15, -0.1) is 0 Å². The van der Waals surface area contributed by atoms with Gasteiger partial charge in [-0.3, -0.25) is 4.98 Å². The van der Waals surface area contributed by atoms with Gasteiger partial charge in [0.25, 0.3) is 0 Å². The number of fused-ring (bicyclic) bond motifs is 6. The van der Waals surface area contributed by atoms with Crippen LogP contribution in [0.1, 0.15) is 0 Å². The maximum absolute atomic E-state index is 6.40. The highest BCUT2D eigenvalue weighted by molar-refractivity contribution is 6.17. The lowest BCUT2D eigenvalue weighted by Gasteiger charge is -2.13. The smallest absolute Gasteiger partial charge is 0.164 e. The van der Waals surface area contributed by atoms with Crippen LogP contribution < -0.4 is 0 Å². The molecule has 0 spiro atoms. The van der Waals surface area contributed by atoms with Gasteiger partial charge in [0.1, 0.15) is 11.2 Å². The molecule has 0 unspecified atom stereocenters. The van der Waals surface area contributed by atoms with Crippen LogP contribution in [0, 0.1) is 0 Å². The zero-order valence-electron chi connectivity index (χ0n) is 26.2. The van der Waals surface area contributed by atoms with Gasteiger partial charge >= 0.3 is 0 Å². The predicted molar refractivity (Wildman–Crippen MR) is 199 cm³/mol. The standard InChI is InChI=1S/C44H26N4O/c1-2-11-28(12-3-1)42-46-43(32-21-20-27-10-4-5-13-29(27)24-32)48-44(47-42)36-19-9-16-33-34(36)17-8-18-35(33)41-40-37-25-30-14-6-7-15-31(30)26-39(37)49-38(40)22-23-45-41/h1-26H. The van der Waals surface area contributed by atoms with Crippen LogP contribution in [0.25, 0.3) is 99.7 Å². The van der Waals surface area contributed by atoms with Crippen molar-refractivity contribution < 1.29 is 4.42 Å². The Balaban J connectivity index is 1.19. The van der Waals surface area contributed by atoms with Gasteiger partial charge in [0.15, 0.2) is 17.5 Å². The maximum atomic E-state index is 6.40. The molecule has 3 heterocycles. The second-order valence-electron chi connectivity index (χ2n) is 12.3. The molecule has 0 aliphatic heterocycles. The molecule has 0 radical (unpaired) electrons. The molecule has 0 fully saturated rings. The van der Waals surface area contributed by atoms with Crippen LogP contribution in [0.2, 0.25) is 0 Å². The molecule has 0 bridgehead atoms. The van der Waals surface area contributed by atoms with E-state index < -0.39 is 0 Å². The van der Waals surface area contributed by atoms with Crippen molar-refractivity contribution in [3.05, 3.63) is 158 Å². The molecule has 5 heteroatoms. The summed E-state index contributed by atoms with van der Waals surface area (Å²) in [5.74, 6) is 1.88. The molecule has 228 valence electrons. The van der Waals surface area contributed by atoms with E-state index in [1.807, 2.05) is 42.6 Å². The fourth-order valence-electron chi connectivity index (χ4n) is 6.99. The van der Waals surface area contributed by atoms with Crippen molar-refractivity contribution in [1.82, 2.24) is 19.9 Å². The number of benzene rings is 7. The van der Waals surface area contributed by atoms with Crippen molar-refractivity contribution in [2.45, 2.75) is 0 Å². The van der Waals surface area contributed by atoms with Gasteiger partial charge in [0.05, 0.1) is 11.1 Å². The van der Waals surface area contributed by atoms with Crippen LogP contribution in [0.15, 0.2) is 162 Å². The SMILES string of the molecule is c1ccc(-c2nc(-c3ccc4ccccc4c3)nc(-c3cccc4c(-c5nccc6oc7cc8ccccc8cc7c56)cccc34)n2)cc1. The van der Waals surface area contributed by atoms with Gasteiger partial charge in [0, 0.05) is 33.8 Å². The van der Waals surface area contributed by atoms with Crippen molar-refractivity contribution >= 4 is 54.3 Å². The van der Waals surface area contributed by atoms with Crippen molar-refractivity contribution in [1.29, 1.82) is 0 Å². The summed E-state index contributed by atoms with van der Waals surface area (Å²) < 4.78 is 6.40. The first-order valence-corrected chi connectivity index (χ1v) is 16.3. The monoisotopic (exact) mass is 626 g/mol. The summed E-state index contributed by atoms with van der Waals surface area (Å²) in [6.07, 6.45) is 1.83. The Kier molecular flexibility index (Phi) is 6.11. The Hall–Kier alpha value is -6.72. The average Bonchev–Trinajstić information content (AvgIpc) is 3.54. The molecule has 0 aliphatic carbocycles. The molecule has 0 atom stereocenters. The van der Waals surface area contributed by atoms with E-state index in [1.165, 1.54) is 10.8 Å². The Bertz CT molecular complexity index is 2890. The minimum absolute atomic E-state index is 0.617. The van der Waals surface area contributed by atoms with E-state index in [9.17, 15) is 0 Å². The van der Waals surface area contributed by atoms with Crippen LogP contribution in [0.3, 0.4) is 0 Å². The number of furan rings is 1. The van der Waals surface area contributed by atoms with E-state index in [4.69, 9.17) is 24.4 Å². The first-order valence-electron chi connectivity index (χ1n) is 16.3. The summed E-state index contributed by atoms with van der Waals surface area (Å²) in [6.45, 7) is 0. The molecular formula is C44H26N4O. The Morgan fingerprint density at radius 1 is 0.388 bits per heavy atom. The van der Waals surface area contributed by atoms with E-state index >= 15 is 0 Å². The molecule has 0 saturated heterocycles. The maximum Gasteiger partial charge on any atom is 0.164 e. The van der Waals surface area contributed by atoms with Crippen LogP contribution in [-0.2, 0) is 0 Å². The molecule has 0 N–H and O–H groups in total. The zero-order chi connectivity index (χ0) is 32.3. The van der Waals surface area contributed by atoms with E-state index in [0.717, 1.165) is 71.4 Å². The average molecular weight is 627 g/mol.